The van der Waals surface area contributed by atoms with Gasteiger partial charge < -0.3 is 4.90 Å². The van der Waals surface area contributed by atoms with Crippen LogP contribution >= 0.6 is 0 Å². The van der Waals surface area contributed by atoms with Crippen LogP contribution in [0.15, 0.2) is 18.3 Å². The minimum Gasteiger partial charge on any atom is -0.369 e. The van der Waals surface area contributed by atoms with Gasteiger partial charge in [-0.3, -0.25) is 0 Å². The van der Waals surface area contributed by atoms with Crippen LogP contribution in [0.25, 0.3) is 0 Å². The van der Waals surface area contributed by atoms with Gasteiger partial charge in [0.2, 0.25) is 5.69 Å². The molecule has 2 heterocycles. The Morgan fingerprint density at radius 2 is 2.36 bits per heavy atom. The predicted octanol–water partition coefficient (Wildman–Crippen LogP) is 0.503. The number of aromatic nitrogens is 1. The van der Waals surface area contributed by atoms with Crippen molar-refractivity contribution in [1.82, 2.24) is 0 Å². The minimum atomic E-state index is 1.16. The van der Waals surface area contributed by atoms with Gasteiger partial charge in [-0.05, 0) is 6.07 Å². The molecule has 1 aliphatic heterocycles. The third-order valence-electron chi connectivity index (χ3n) is 2.38. The summed E-state index contributed by atoms with van der Waals surface area (Å²) in [6, 6.07) is 4.28. The van der Waals surface area contributed by atoms with E-state index < -0.39 is 0 Å². The molecule has 0 aromatic carbocycles. The van der Waals surface area contributed by atoms with Gasteiger partial charge in [0.25, 0.3) is 0 Å². The van der Waals surface area contributed by atoms with Crippen LogP contribution in [0.5, 0.6) is 0 Å². The molecule has 0 bridgehead atoms. The van der Waals surface area contributed by atoms with Crippen molar-refractivity contribution in [3.63, 3.8) is 0 Å². The summed E-state index contributed by atoms with van der Waals surface area (Å²) in [7, 11) is 4.25. The van der Waals surface area contributed by atoms with Crippen LogP contribution in [0.4, 0.5) is 5.69 Å². The molecule has 1 aromatic heterocycles. The molecule has 1 aromatic rings. The van der Waals surface area contributed by atoms with Crippen molar-refractivity contribution in [3.8, 4) is 0 Å². The summed E-state index contributed by atoms with van der Waals surface area (Å²) < 4.78 is 2.21. The molecule has 0 N–H and O–H groups in total. The Kier molecular flexibility index (Phi) is 1.34. The molecule has 0 spiro atoms. The minimum absolute atomic E-state index is 1.16. The number of rotatable bonds is 0. The monoisotopic (exact) mass is 149 g/mol. The van der Waals surface area contributed by atoms with E-state index in [1.54, 1.807) is 0 Å². The zero-order valence-electron chi connectivity index (χ0n) is 7.04. The van der Waals surface area contributed by atoms with Gasteiger partial charge in [0.1, 0.15) is 12.7 Å². The summed E-state index contributed by atoms with van der Waals surface area (Å²) in [6.45, 7) is 1.16. The molecular weight excluding hydrogens is 136 g/mol. The molecule has 0 fully saturated rings. The van der Waals surface area contributed by atoms with E-state index in [-0.39, 0.29) is 0 Å². The highest BCUT2D eigenvalue weighted by molar-refractivity contribution is 5.51. The van der Waals surface area contributed by atoms with Crippen molar-refractivity contribution in [1.29, 1.82) is 0 Å². The SMILES string of the molecule is CN1CCc2c1ccc[n+]2C. The van der Waals surface area contributed by atoms with E-state index in [0.29, 0.717) is 0 Å². The lowest BCUT2D eigenvalue weighted by Gasteiger charge is -2.08. The molecule has 58 valence electrons. The fourth-order valence-electron chi connectivity index (χ4n) is 1.68. The van der Waals surface area contributed by atoms with Gasteiger partial charge in [0.05, 0.1) is 6.42 Å². The summed E-state index contributed by atoms with van der Waals surface area (Å²) in [5.41, 5.74) is 2.84. The normalized spacial score (nSPS) is 15.3. The Hall–Kier alpha value is -1.05. The molecule has 0 amide bonds. The third-order valence-corrected chi connectivity index (χ3v) is 2.38. The van der Waals surface area contributed by atoms with Gasteiger partial charge in [0.15, 0.2) is 6.20 Å². The summed E-state index contributed by atoms with van der Waals surface area (Å²) >= 11 is 0. The van der Waals surface area contributed by atoms with Crippen molar-refractivity contribution < 1.29 is 4.57 Å². The fraction of sp³-hybridized carbons (Fsp3) is 0.444. The van der Waals surface area contributed by atoms with Crippen molar-refractivity contribution in [2.75, 3.05) is 18.5 Å². The molecule has 2 rings (SSSR count). The predicted molar refractivity (Wildman–Crippen MR) is 44.6 cm³/mol. The van der Waals surface area contributed by atoms with Crippen LogP contribution in [0.1, 0.15) is 5.69 Å². The van der Waals surface area contributed by atoms with Crippen LogP contribution in [0, 0.1) is 0 Å². The van der Waals surface area contributed by atoms with Gasteiger partial charge in [-0.1, -0.05) is 0 Å². The zero-order chi connectivity index (χ0) is 7.84. The molecule has 0 atom stereocenters. The van der Waals surface area contributed by atoms with E-state index in [4.69, 9.17) is 0 Å². The molecule has 0 saturated carbocycles. The number of anilines is 1. The van der Waals surface area contributed by atoms with E-state index in [0.717, 1.165) is 6.54 Å². The maximum absolute atomic E-state index is 2.30. The second kappa shape index (κ2) is 2.22. The topological polar surface area (TPSA) is 7.12 Å². The third kappa shape index (κ3) is 0.897. The van der Waals surface area contributed by atoms with Crippen LogP contribution in [0.2, 0.25) is 0 Å². The standard InChI is InChI=1S/C9H13N2/c1-10-6-3-4-8-9(10)5-7-11(8)2/h3-4,6H,5,7H2,1-2H3/q+1. The Labute approximate surface area is 67.1 Å². The highest BCUT2D eigenvalue weighted by Crippen LogP contribution is 2.21. The molecule has 0 saturated heterocycles. The Bertz CT molecular complexity index is 281. The lowest BCUT2D eigenvalue weighted by molar-refractivity contribution is -0.677. The molecule has 2 heteroatoms. The Morgan fingerprint density at radius 3 is 3.09 bits per heavy atom. The summed E-state index contributed by atoms with van der Waals surface area (Å²) in [5, 5.41) is 0. The smallest absolute Gasteiger partial charge is 0.206 e. The molecule has 0 radical (unpaired) electrons. The highest BCUT2D eigenvalue weighted by atomic mass is 15.1. The fourth-order valence-corrected chi connectivity index (χ4v) is 1.68. The largest absolute Gasteiger partial charge is 0.369 e. The average Bonchev–Trinajstić information content (AvgIpc) is 2.35. The quantitative estimate of drug-likeness (QED) is 0.487. The van der Waals surface area contributed by atoms with Gasteiger partial charge in [-0.2, -0.15) is 0 Å². The first-order valence-corrected chi connectivity index (χ1v) is 3.97. The van der Waals surface area contributed by atoms with Crippen molar-refractivity contribution >= 4 is 5.69 Å². The lowest BCUT2D eigenvalue weighted by Crippen LogP contribution is -2.32. The number of fused-ring (bicyclic) bond motifs is 1. The van der Waals surface area contributed by atoms with E-state index in [2.05, 4.69) is 41.9 Å². The number of hydrogen-bond acceptors (Lipinski definition) is 1. The second-order valence-electron chi connectivity index (χ2n) is 3.12. The van der Waals surface area contributed by atoms with E-state index in [1.807, 2.05) is 0 Å². The zero-order valence-corrected chi connectivity index (χ0v) is 7.04. The number of nitrogens with zero attached hydrogens (tertiary/aromatic N) is 2. The number of hydrogen-bond donors (Lipinski definition) is 0. The first-order chi connectivity index (χ1) is 5.29. The average molecular weight is 149 g/mol. The molecule has 2 nitrogen and oxygen atoms in total. The van der Waals surface area contributed by atoms with Gasteiger partial charge in [-0.25, -0.2) is 4.57 Å². The second-order valence-corrected chi connectivity index (χ2v) is 3.12. The maximum atomic E-state index is 2.30. The number of likely N-dealkylation sites (N-methyl/N-ethyl adjacent to an activating group) is 1. The van der Waals surface area contributed by atoms with Crippen LogP contribution < -0.4 is 9.47 Å². The van der Waals surface area contributed by atoms with Crippen molar-refractivity contribution in [3.05, 3.63) is 24.0 Å². The maximum Gasteiger partial charge on any atom is 0.206 e. The molecule has 0 unspecified atom stereocenters. The summed E-state index contributed by atoms with van der Waals surface area (Å²) in [4.78, 5) is 2.30. The van der Waals surface area contributed by atoms with Crippen LogP contribution in [-0.4, -0.2) is 13.6 Å². The number of pyridine rings is 1. The van der Waals surface area contributed by atoms with Gasteiger partial charge in [0, 0.05) is 19.7 Å². The first kappa shape index (κ1) is 6.65. The first-order valence-electron chi connectivity index (χ1n) is 3.97. The Morgan fingerprint density at radius 1 is 1.55 bits per heavy atom. The van der Waals surface area contributed by atoms with E-state index in [1.165, 1.54) is 17.8 Å². The summed E-state index contributed by atoms with van der Waals surface area (Å²) in [5.74, 6) is 0. The summed E-state index contributed by atoms with van der Waals surface area (Å²) in [6.07, 6.45) is 3.29. The molecule has 0 aliphatic carbocycles. The van der Waals surface area contributed by atoms with E-state index in [9.17, 15) is 0 Å². The van der Waals surface area contributed by atoms with Crippen LogP contribution in [0.3, 0.4) is 0 Å². The Balaban J connectivity index is 2.57. The van der Waals surface area contributed by atoms with Gasteiger partial charge in [-0.15, -0.1) is 0 Å². The van der Waals surface area contributed by atoms with Crippen molar-refractivity contribution in [2.24, 2.45) is 7.05 Å². The highest BCUT2D eigenvalue weighted by Gasteiger charge is 2.22. The van der Waals surface area contributed by atoms with Gasteiger partial charge >= 0.3 is 0 Å². The molecular formula is C9H13N2+. The van der Waals surface area contributed by atoms with Crippen LogP contribution in [-0.2, 0) is 13.5 Å². The van der Waals surface area contributed by atoms with Crippen molar-refractivity contribution in [2.45, 2.75) is 6.42 Å². The van der Waals surface area contributed by atoms with E-state index >= 15 is 0 Å². The number of aryl methyl sites for hydroxylation is 1. The molecule has 1 aliphatic rings. The molecule has 11 heavy (non-hydrogen) atoms. The lowest BCUT2D eigenvalue weighted by atomic mass is 10.3.